The van der Waals surface area contributed by atoms with Crippen LogP contribution in [0, 0.1) is 6.92 Å². The van der Waals surface area contributed by atoms with Crippen molar-refractivity contribution in [1.29, 1.82) is 0 Å². The molecule has 35 heavy (non-hydrogen) atoms. The van der Waals surface area contributed by atoms with E-state index in [2.05, 4.69) is 5.32 Å². The van der Waals surface area contributed by atoms with Crippen molar-refractivity contribution in [2.45, 2.75) is 72.5 Å². The number of benzene rings is 2. The SMILES string of the molecule is Cc1cccc(CN(C(=O)CN(c2ccccc2C(C)C)S(C)(=O)=O)[C@@H](C)C(=O)NC(C)(C)C)c1. The highest BCUT2D eigenvalue weighted by Crippen LogP contribution is 2.29. The second-order valence-corrected chi connectivity index (χ2v) is 12.3. The molecule has 0 aliphatic rings. The quantitative estimate of drug-likeness (QED) is 0.557. The zero-order chi connectivity index (χ0) is 26.6. The van der Waals surface area contributed by atoms with Gasteiger partial charge in [-0.25, -0.2) is 8.42 Å². The van der Waals surface area contributed by atoms with E-state index in [1.54, 1.807) is 19.1 Å². The third-order valence-electron chi connectivity index (χ3n) is 5.61. The van der Waals surface area contributed by atoms with E-state index in [0.29, 0.717) is 5.69 Å². The number of hydrogen-bond acceptors (Lipinski definition) is 4. The Morgan fingerprint density at radius 2 is 1.63 bits per heavy atom. The molecule has 0 heterocycles. The van der Waals surface area contributed by atoms with Gasteiger partial charge in [0.2, 0.25) is 21.8 Å². The Morgan fingerprint density at radius 1 is 1.00 bits per heavy atom. The molecule has 0 aromatic heterocycles. The molecule has 0 unspecified atom stereocenters. The van der Waals surface area contributed by atoms with E-state index in [4.69, 9.17) is 0 Å². The fourth-order valence-electron chi connectivity index (χ4n) is 3.86. The lowest BCUT2D eigenvalue weighted by Gasteiger charge is -2.33. The van der Waals surface area contributed by atoms with Crippen LogP contribution in [0.2, 0.25) is 0 Å². The lowest BCUT2D eigenvalue weighted by molar-refractivity contribution is -0.140. The van der Waals surface area contributed by atoms with Crippen molar-refractivity contribution in [2.75, 3.05) is 17.1 Å². The number of amides is 2. The number of aryl methyl sites for hydroxylation is 1. The van der Waals surface area contributed by atoms with Gasteiger partial charge in [0.25, 0.3) is 0 Å². The minimum Gasteiger partial charge on any atom is -0.350 e. The largest absolute Gasteiger partial charge is 0.350 e. The Bertz CT molecular complexity index is 1150. The smallest absolute Gasteiger partial charge is 0.244 e. The topological polar surface area (TPSA) is 86.8 Å². The molecular formula is C27H39N3O4S. The highest BCUT2D eigenvalue weighted by molar-refractivity contribution is 7.92. The molecule has 1 N–H and O–H groups in total. The van der Waals surface area contributed by atoms with Gasteiger partial charge in [0.05, 0.1) is 11.9 Å². The molecule has 0 spiro atoms. The average molecular weight is 502 g/mol. The molecule has 2 aromatic carbocycles. The minimum absolute atomic E-state index is 0.0606. The van der Waals surface area contributed by atoms with Gasteiger partial charge in [-0.2, -0.15) is 0 Å². The number of rotatable bonds is 9. The molecule has 0 fully saturated rings. The molecule has 0 bridgehead atoms. The highest BCUT2D eigenvalue weighted by atomic mass is 32.2. The van der Waals surface area contributed by atoms with Crippen LogP contribution in [-0.2, 0) is 26.2 Å². The number of para-hydroxylation sites is 1. The van der Waals surface area contributed by atoms with Gasteiger partial charge in [-0.15, -0.1) is 0 Å². The van der Waals surface area contributed by atoms with E-state index in [1.807, 2.05) is 77.9 Å². The third-order valence-corrected chi connectivity index (χ3v) is 6.73. The van der Waals surface area contributed by atoms with Gasteiger partial charge in [0.15, 0.2) is 0 Å². The minimum atomic E-state index is -3.77. The van der Waals surface area contributed by atoms with E-state index in [9.17, 15) is 18.0 Å². The van der Waals surface area contributed by atoms with Crippen LogP contribution in [0.15, 0.2) is 48.5 Å². The molecule has 2 amide bonds. The maximum Gasteiger partial charge on any atom is 0.244 e. The van der Waals surface area contributed by atoms with Crippen LogP contribution in [0.5, 0.6) is 0 Å². The summed E-state index contributed by atoms with van der Waals surface area (Å²) in [6.07, 6.45) is 1.10. The summed E-state index contributed by atoms with van der Waals surface area (Å²) < 4.78 is 26.8. The zero-order valence-electron chi connectivity index (χ0n) is 22.1. The number of sulfonamides is 1. The van der Waals surface area contributed by atoms with Gasteiger partial charge >= 0.3 is 0 Å². The number of hydrogen-bond donors (Lipinski definition) is 1. The third kappa shape index (κ3) is 8.09. The molecule has 0 aliphatic heterocycles. The number of anilines is 1. The summed E-state index contributed by atoms with van der Waals surface area (Å²) in [5.41, 5.74) is 2.72. The first-order valence-corrected chi connectivity index (χ1v) is 13.7. The maximum atomic E-state index is 13.7. The van der Waals surface area contributed by atoms with Gasteiger partial charge in [-0.3, -0.25) is 13.9 Å². The van der Waals surface area contributed by atoms with Crippen LogP contribution in [0.3, 0.4) is 0 Å². The molecule has 2 aromatic rings. The Morgan fingerprint density at radius 3 is 2.17 bits per heavy atom. The van der Waals surface area contributed by atoms with Gasteiger partial charge in [-0.1, -0.05) is 61.9 Å². The summed E-state index contributed by atoms with van der Waals surface area (Å²) >= 11 is 0. The number of carbonyl (C=O) groups excluding carboxylic acids is 2. The zero-order valence-corrected chi connectivity index (χ0v) is 22.9. The predicted molar refractivity (Wildman–Crippen MR) is 142 cm³/mol. The molecule has 7 nitrogen and oxygen atoms in total. The standard InChI is InChI=1S/C27H39N3O4S/c1-19(2)23-14-9-10-15-24(23)30(35(8,33)34)18-25(31)29(17-22-13-11-12-20(3)16-22)21(4)26(32)28-27(5,6)7/h9-16,19,21H,17-18H2,1-8H3,(H,28,32)/t21-/m0/s1. The van der Waals surface area contributed by atoms with Crippen molar-refractivity contribution in [3.63, 3.8) is 0 Å². The van der Waals surface area contributed by atoms with Crippen LogP contribution >= 0.6 is 0 Å². The van der Waals surface area contributed by atoms with Crippen LogP contribution in [0.4, 0.5) is 5.69 Å². The molecule has 8 heteroatoms. The number of nitrogens with one attached hydrogen (secondary N) is 1. The molecule has 192 valence electrons. The maximum absolute atomic E-state index is 13.7. The summed E-state index contributed by atoms with van der Waals surface area (Å²) in [5.74, 6) is -0.690. The summed E-state index contributed by atoms with van der Waals surface area (Å²) in [6, 6.07) is 14.1. The summed E-state index contributed by atoms with van der Waals surface area (Å²) in [6.45, 7) is 13.0. The summed E-state index contributed by atoms with van der Waals surface area (Å²) in [4.78, 5) is 28.2. The Labute approximate surface area is 210 Å². The molecule has 0 saturated carbocycles. The lowest BCUT2D eigenvalue weighted by Crippen LogP contribution is -2.54. The van der Waals surface area contributed by atoms with Crippen molar-refractivity contribution in [2.24, 2.45) is 0 Å². The Balaban J connectivity index is 2.47. The number of carbonyl (C=O) groups is 2. The average Bonchev–Trinajstić information content (AvgIpc) is 2.73. The van der Waals surface area contributed by atoms with Crippen molar-refractivity contribution in [3.05, 3.63) is 65.2 Å². The van der Waals surface area contributed by atoms with Crippen LogP contribution in [-0.4, -0.2) is 49.5 Å². The lowest BCUT2D eigenvalue weighted by atomic mass is 10.0. The molecule has 0 saturated heterocycles. The fourth-order valence-corrected chi connectivity index (χ4v) is 4.73. The van der Waals surface area contributed by atoms with Crippen molar-refractivity contribution < 1.29 is 18.0 Å². The monoisotopic (exact) mass is 501 g/mol. The Kier molecular flexibility index (Phi) is 9.11. The van der Waals surface area contributed by atoms with Crippen LogP contribution in [0.25, 0.3) is 0 Å². The van der Waals surface area contributed by atoms with Crippen molar-refractivity contribution >= 4 is 27.5 Å². The summed E-state index contributed by atoms with van der Waals surface area (Å²) in [7, 11) is -3.77. The van der Waals surface area contributed by atoms with E-state index in [0.717, 1.165) is 27.3 Å². The fraction of sp³-hybridized carbons (Fsp3) is 0.481. The Hall–Kier alpha value is -2.87. The van der Waals surface area contributed by atoms with E-state index in [1.165, 1.54) is 4.90 Å². The van der Waals surface area contributed by atoms with Gasteiger partial charge in [0.1, 0.15) is 12.6 Å². The first-order chi connectivity index (χ1) is 16.1. The van der Waals surface area contributed by atoms with E-state index in [-0.39, 0.29) is 18.4 Å². The van der Waals surface area contributed by atoms with Crippen LogP contribution < -0.4 is 9.62 Å². The van der Waals surface area contributed by atoms with Crippen LogP contribution in [0.1, 0.15) is 64.2 Å². The van der Waals surface area contributed by atoms with E-state index >= 15 is 0 Å². The van der Waals surface area contributed by atoms with E-state index < -0.39 is 34.1 Å². The molecule has 0 aliphatic carbocycles. The first-order valence-electron chi connectivity index (χ1n) is 11.8. The second-order valence-electron chi connectivity index (χ2n) is 10.4. The molecular weight excluding hydrogens is 462 g/mol. The van der Waals surface area contributed by atoms with Gasteiger partial charge < -0.3 is 10.2 Å². The predicted octanol–water partition coefficient (Wildman–Crippen LogP) is 4.22. The molecule has 0 radical (unpaired) electrons. The van der Waals surface area contributed by atoms with Crippen molar-refractivity contribution in [1.82, 2.24) is 10.2 Å². The normalized spacial score (nSPS) is 12.8. The van der Waals surface area contributed by atoms with Gasteiger partial charge in [0, 0.05) is 12.1 Å². The second kappa shape index (κ2) is 11.2. The molecule has 2 rings (SSSR count). The first kappa shape index (κ1) is 28.4. The van der Waals surface area contributed by atoms with Crippen molar-refractivity contribution in [3.8, 4) is 0 Å². The highest BCUT2D eigenvalue weighted by Gasteiger charge is 2.32. The summed E-state index contributed by atoms with van der Waals surface area (Å²) in [5, 5.41) is 2.93. The molecule has 1 atom stereocenters. The van der Waals surface area contributed by atoms with Gasteiger partial charge in [-0.05, 0) is 57.7 Å². The number of nitrogens with zero attached hydrogens (tertiary/aromatic N) is 2.